The third-order valence-corrected chi connectivity index (χ3v) is 7.61. The van der Waals surface area contributed by atoms with Gasteiger partial charge in [-0.25, -0.2) is 0 Å². The van der Waals surface area contributed by atoms with Gasteiger partial charge in [0.05, 0.1) is 18.7 Å². The first kappa shape index (κ1) is 31.7. The number of nitrogens with zero attached hydrogens (tertiary/aromatic N) is 2. The highest BCUT2D eigenvalue weighted by molar-refractivity contribution is 5.99. The number of amides is 2. The first-order valence-corrected chi connectivity index (χ1v) is 14.7. The molecule has 0 unspecified atom stereocenters. The smallest absolute Gasteiger partial charge is 0.274 e. The number of hydrogen-bond donors (Lipinski definition) is 2. The van der Waals surface area contributed by atoms with Crippen LogP contribution in [0.3, 0.4) is 0 Å². The van der Waals surface area contributed by atoms with Gasteiger partial charge in [0, 0.05) is 30.8 Å². The van der Waals surface area contributed by atoms with E-state index in [0.717, 1.165) is 11.1 Å². The Morgan fingerprint density at radius 3 is 2.28 bits per heavy atom. The van der Waals surface area contributed by atoms with Crippen molar-refractivity contribution in [2.24, 2.45) is 11.8 Å². The van der Waals surface area contributed by atoms with E-state index in [0.29, 0.717) is 31.6 Å². The quantitative estimate of drug-likeness (QED) is 0.241. The normalized spacial score (nSPS) is 18.0. The molecular formula is C33H40N4O6. The van der Waals surface area contributed by atoms with Crippen molar-refractivity contribution in [3.05, 3.63) is 83.5 Å². The Balaban J connectivity index is 1.54. The molecule has 1 saturated heterocycles. The number of hydrogen-bond acceptors (Lipinski definition) is 8. The molecule has 10 nitrogen and oxygen atoms in total. The van der Waals surface area contributed by atoms with Gasteiger partial charge in [0.2, 0.25) is 5.91 Å². The van der Waals surface area contributed by atoms with Crippen molar-refractivity contribution < 1.29 is 28.4 Å². The molecular weight excluding hydrogens is 548 g/mol. The number of nitrogens with one attached hydrogen (secondary N) is 2. The van der Waals surface area contributed by atoms with Gasteiger partial charge in [-0.2, -0.15) is 0 Å². The van der Waals surface area contributed by atoms with E-state index in [9.17, 15) is 19.2 Å². The Hall–Kier alpha value is -4.18. The summed E-state index contributed by atoms with van der Waals surface area (Å²) in [6, 6.07) is 13.1. The van der Waals surface area contributed by atoms with Gasteiger partial charge >= 0.3 is 0 Å². The first-order valence-electron chi connectivity index (χ1n) is 14.7. The van der Waals surface area contributed by atoms with E-state index in [-0.39, 0.29) is 36.0 Å². The molecule has 3 aromatic rings. The van der Waals surface area contributed by atoms with Crippen LogP contribution in [0.15, 0.2) is 65.4 Å². The highest BCUT2D eigenvalue weighted by Crippen LogP contribution is 2.30. The fourth-order valence-electron chi connectivity index (χ4n) is 5.03. The average Bonchev–Trinajstić information content (AvgIpc) is 3.59. The minimum absolute atomic E-state index is 0.0759. The van der Waals surface area contributed by atoms with E-state index in [1.165, 1.54) is 6.07 Å². The second kappa shape index (κ2) is 14.3. The van der Waals surface area contributed by atoms with E-state index in [1.807, 2.05) is 44.2 Å². The van der Waals surface area contributed by atoms with Gasteiger partial charge in [0.25, 0.3) is 5.91 Å². The summed E-state index contributed by atoms with van der Waals surface area (Å²) < 4.78 is 10.4. The molecule has 3 heterocycles. The van der Waals surface area contributed by atoms with Gasteiger partial charge in [-0.3, -0.25) is 24.2 Å². The molecule has 4 atom stereocenters. The zero-order chi connectivity index (χ0) is 31.0. The number of Topliss-reactive ketones (excluding diaryl/α,β-unsaturated/α-hetero) is 2. The Labute approximate surface area is 252 Å². The number of pyridine rings is 1. The minimum atomic E-state index is -0.893. The summed E-state index contributed by atoms with van der Waals surface area (Å²) in [5, 5.41) is 9.53. The third-order valence-electron chi connectivity index (χ3n) is 7.61. The van der Waals surface area contributed by atoms with Crippen molar-refractivity contribution in [2.45, 2.75) is 77.5 Å². The highest BCUT2D eigenvalue weighted by Gasteiger charge is 2.50. The lowest BCUT2D eigenvalue weighted by molar-refractivity contribution is -0.134. The lowest BCUT2D eigenvalue weighted by Gasteiger charge is -2.25. The summed E-state index contributed by atoms with van der Waals surface area (Å²) in [4.78, 5) is 57.9. The van der Waals surface area contributed by atoms with Crippen LogP contribution in [0, 0.1) is 18.8 Å². The Kier molecular flexibility index (Phi) is 10.6. The number of ketones is 2. The summed E-state index contributed by atoms with van der Waals surface area (Å²) >= 11 is 0. The largest absolute Gasteiger partial charge is 0.361 e. The predicted molar refractivity (Wildman–Crippen MR) is 159 cm³/mol. The molecule has 1 fully saturated rings. The van der Waals surface area contributed by atoms with E-state index >= 15 is 0 Å². The van der Waals surface area contributed by atoms with Gasteiger partial charge in [-0.1, -0.05) is 49.3 Å². The van der Waals surface area contributed by atoms with Crippen molar-refractivity contribution >= 4 is 23.4 Å². The Morgan fingerprint density at radius 2 is 1.67 bits per heavy atom. The summed E-state index contributed by atoms with van der Waals surface area (Å²) in [7, 11) is 0. The van der Waals surface area contributed by atoms with Crippen molar-refractivity contribution in [1.29, 1.82) is 0 Å². The SMILES string of the molecule is Cc1cc(C(=O)N[C@@H](CCc2ccccc2)C(=O)C[C@@H](Cc2ccncc2)C(=O)N[C@@H](CC(C)C)C(=O)[C@@]2(C)CO2)no1. The van der Waals surface area contributed by atoms with Crippen molar-refractivity contribution in [3.63, 3.8) is 0 Å². The summed E-state index contributed by atoms with van der Waals surface area (Å²) in [6.07, 6.45) is 4.71. The van der Waals surface area contributed by atoms with Crippen LogP contribution < -0.4 is 10.6 Å². The number of ether oxygens (including phenoxy) is 1. The van der Waals surface area contributed by atoms with Crippen molar-refractivity contribution in [2.75, 3.05) is 6.61 Å². The minimum Gasteiger partial charge on any atom is -0.361 e. The molecule has 2 N–H and O–H groups in total. The maximum Gasteiger partial charge on any atom is 0.274 e. The van der Waals surface area contributed by atoms with Crippen LogP contribution in [0.2, 0.25) is 0 Å². The van der Waals surface area contributed by atoms with Crippen LogP contribution in [-0.2, 0) is 32.0 Å². The third kappa shape index (κ3) is 9.15. The standard InChI is InChI=1S/C33H40N4O6/c1-21(2)16-27(30(39)33(4)20-42-33)36-31(40)25(18-24-12-14-34-15-13-24)19-29(38)26(11-10-23-8-6-5-7-9-23)35-32(41)28-17-22(3)43-37-28/h5-9,12-15,17,21,25-27H,10-11,16,18-20H2,1-4H3,(H,35,41)(H,36,40)/t25-,26+,27+,33-/m1/s1. The second-order valence-electron chi connectivity index (χ2n) is 11.9. The van der Waals surface area contributed by atoms with Gasteiger partial charge in [-0.05, 0) is 68.7 Å². The zero-order valence-electron chi connectivity index (χ0n) is 25.2. The number of epoxide rings is 1. The fraction of sp³-hybridized carbons (Fsp3) is 0.455. The second-order valence-corrected chi connectivity index (χ2v) is 11.9. The molecule has 0 spiro atoms. The van der Waals surface area contributed by atoms with Gasteiger partial charge in [0.15, 0.2) is 17.3 Å². The molecule has 2 amide bonds. The number of aromatic nitrogens is 2. The molecule has 1 aliphatic heterocycles. The summed E-state index contributed by atoms with van der Waals surface area (Å²) in [6.45, 7) is 7.69. The number of rotatable bonds is 16. The molecule has 228 valence electrons. The van der Waals surface area contributed by atoms with Crippen LogP contribution in [0.1, 0.15) is 67.4 Å². The van der Waals surface area contributed by atoms with Crippen LogP contribution >= 0.6 is 0 Å². The molecule has 2 aromatic heterocycles. The summed E-state index contributed by atoms with van der Waals surface area (Å²) in [5.74, 6) is -1.54. The molecule has 0 aliphatic carbocycles. The molecule has 1 aromatic carbocycles. The highest BCUT2D eigenvalue weighted by atomic mass is 16.6. The van der Waals surface area contributed by atoms with Crippen molar-refractivity contribution in [1.82, 2.24) is 20.8 Å². The molecule has 0 saturated carbocycles. The molecule has 0 bridgehead atoms. The van der Waals surface area contributed by atoms with Crippen LogP contribution in [0.25, 0.3) is 0 Å². The number of benzene rings is 1. The van der Waals surface area contributed by atoms with E-state index in [1.54, 1.807) is 38.4 Å². The molecule has 4 rings (SSSR count). The predicted octanol–water partition coefficient (Wildman–Crippen LogP) is 3.82. The van der Waals surface area contributed by atoms with Gasteiger partial charge < -0.3 is 19.9 Å². The maximum atomic E-state index is 13.9. The average molecular weight is 589 g/mol. The van der Waals surface area contributed by atoms with Crippen LogP contribution in [0.5, 0.6) is 0 Å². The van der Waals surface area contributed by atoms with Gasteiger partial charge in [0.1, 0.15) is 11.4 Å². The lowest BCUT2D eigenvalue weighted by atomic mass is 9.88. The van der Waals surface area contributed by atoms with Crippen LogP contribution in [-0.4, -0.2) is 57.8 Å². The molecule has 10 heteroatoms. The monoisotopic (exact) mass is 588 g/mol. The fourth-order valence-corrected chi connectivity index (χ4v) is 5.03. The van der Waals surface area contributed by atoms with Gasteiger partial charge in [-0.15, -0.1) is 0 Å². The topological polar surface area (TPSA) is 144 Å². The van der Waals surface area contributed by atoms with Crippen molar-refractivity contribution in [3.8, 4) is 0 Å². The van der Waals surface area contributed by atoms with E-state index in [2.05, 4.69) is 20.8 Å². The number of aryl methyl sites for hydroxylation is 2. The Morgan fingerprint density at radius 1 is 0.977 bits per heavy atom. The summed E-state index contributed by atoms with van der Waals surface area (Å²) in [5.41, 5.74) is 1.03. The van der Waals surface area contributed by atoms with Crippen LogP contribution in [0.4, 0.5) is 0 Å². The molecule has 0 radical (unpaired) electrons. The number of carbonyl (C=O) groups is 4. The molecule has 43 heavy (non-hydrogen) atoms. The first-order chi connectivity index (χ1) is 20.5. The Bertz CT molecular complexity index is 1400. The maximum absolute atomic E-state index is 13.9. The molecule has 1 aliphatic rings. The van der Waals surface area contributed by atoms with E-state index in [4.69, 9.17) is 9.26 Å². The zero-order valence-corrected chi connectivity index (χ0v) is 25.2. The number of carbonyl (C=O) groups excluding carboxylic acids is 4. The lowest BCUT2D eigenvalue weighted by Crippen LogP contribution is -2.49. The van der Waals surface area contributed by atoms with E-state index < -0.39 is 35.4 Å².